The van der Waals surface area contributed by atoms with Crippen LogP contribution >= 0.6 is 0 Å². The third kappa shape index (κ3) is 2.61. The van der Waals surface area contributed by atoms with Crippen LogP contribution in [-0.2, 0) is 6.54 Å². The number of piperidine rings is 1. The fourth-order valence-electron chi connectivity index (χ4n) is 3.28. The molecule has 0 aromatic carbocycles. The zero-order valence-electron chi connectivity index (χ0n) is 11.4. The second-order valence-electron chi connectivity index (χ2n) is 6.15. The summed E-state index contributed by atoms with van der Waals surface area (Å²) in [4.78, 5) is 4.37. The molecular formula is C15H25N3. The Labute approximate surface area is 110 Å². The Morgan fingerprint density at radius 3 is 2.83 bits per heavy atom. The molecule has 1 aromatic heterocycles. The van der Waals surface area contributed by atoms with Gasteiger partial charge >= 0.3 is 0 Å². The minimum Gasteiger partial charge on any atom is -0.333 e. The Balaban J connectivity index is 1.62. The van der Waals surface area contributed by atoms with Crippen LogP contribution in [0.25, 0.3) is 0 Å². The van der Waals surface area contributed by atoms with Crippen molar-refractivity contribution < 1.29 is 0 Å². The van der Waals surface area contributed by atoms with Crippen LogP contribution in [0, 0.1) is 5.92 Å². The molecule has 0 bridgehead atoms. The maximum atomic E-state index is 4.37. The van der Waals surface area contributed by atoms with Gasteiger partial charge in [0.05, 0.1) is 12.0 Å². The molecule has 1 aliphatic heterocycles. The summed E-state index contributed by atoms with van der Waals surface area (Å²) in [6.07, 6.45) is 13.7. The highest BCUT2D eigenvalue weighted by atomic mass is 15.1. The van der Waals surface area contributed by atoms with E-state index in [-0.39, 0.29) is 0 Å². The summed E-state index contributed by atoms with van der Waals surface area (Å²) >= 11 is 0. The van der Waals surface area contributed by atoms with Crippen molar-refractivity contribution in [2.24, 2.45) is 5.92 Å². The van der Waals surface area contributed by atoms with Crippen LogP contribution < -0.4 is 5.32 Å². The van der Waals surface area contributed by atoms with Crippen LogP contribution in [0.5, 0.6) is 0 Å². The Hall–Kier alpha value is -0.830. The molecular weight excluding hydrogens is 222 g/mol. The largest absolute Gasteiger partial charge is 0.333 e. The number of nitrogens with one attached hydrogen (secondary N) is 1. The number of imidazole rings is 1. The summed E-state index contributed by atoms with van der Waals surface area (Å²) in [7, 11) is 0. The van der Waals surface area contributed by atoms with Gasteiger partial charge in [0.2, 0.25) is 0 Å². The van der Waals surface area contributed by atoms with Crippen molar-refractivity contribution in [1.82, 2.24) is 14.9 Å². The van der Waals surface area contributed by atoms with E-state index in [1.165, 1.54) is 50.6 Å². The average Bonchev–Trinajstić information content (AvgIpc) is 2.75. The van der Waals surface area contributed by atoms with Crippen molar-refractivity contribution in [1.29, 1.82) is 0 Å². The van der Waals surface area contributed by atoms with E-state index in [1.807, 2.05) is 6.33 Å². The summed E-state index contributed by atoms with van der Waals surface area (Å²) in [5, 5.41) is 3.71. The van der Waals surface area contributed by atoms with Crippen molar-refractivity contribution in [3.8, 4) is 0 Å². The summed E-state index contributed by atoms with van der Waals surface area (Å²) in [6, 6.07) is 1.18. The molecule has 0 radical (unpaired) electrons. The van der Waals surface area contributed by atoms with Gasteiger partial charge < -0.3 is 9.88 Å². The van der Waals surface area contributed by atoms with Gasteiger partial charge in [-0.25, -0.2) is 4.98 Å². The van der Waals surface area contributed by atoms with Crippen molar-refractivity contribution in [2.75, 3.05) is 0 Å². The van der Waals surface area contributed by atoms with E-state index < -0.39 is 0 Å². The predicted octanol–water partition coefficient (Wildman–Crippen LogP) is 3.28. The lowest BCUT2D eigenvalue weighted by atomic mass is 9.83. The van der Waals surface area contributed by atoms with E-state index in [0.29, 0.717) is 12.1 Å². The zero-order valence-corrected chi connectivity index (χ0v) is 11.4. The first-order valence-corrected chi connectivity index (χ1v) is 7.59. The van der Waals surface area contributed by atoms with E-state index >= 15 is 0 Å². The topological polar surface area (TPSA) is 29.9 Å². The smallest absolute Gasteiger partial charge is 0.0948 e. The molecule has 2 unspecified atom stereocenters. The molecule has 0 amide bonds. The average molecular weight is 247 g/mol. The maximum absolute atomic E-state index is 4.37. The van der Waals surface area contributed by atoms with E-state index in [2.05, 4.69) is 28.0 Å². The van der Waals surface area contributed by atoms with Gasteiger partial charge in [-0.15, -0.1) is 0 Å². The predicted molar refractivity (Wildman–Crippen MR) is 73.4 cm³/mol. The third-order valence-electron chi connectivity index (χ3n) is 4.72. The molecule has 2 heterocycles. The van der Waals surface area contributed by atoms with Crippen LogP contribution in [0.3, 0.4) is 0 Å². The number of nitrogens with zero attached hydrogens (tertiary/aromatic N) is 2. The Bertz CT molecular complexity index is 381. The highest BCUT2D eigenvalue weighted by Crippen LogP contribution is 2.31. The molecule has 0 spiro atoms. The number of aromatic nitrogens is 2. The molecule has 18 heavy (non-hydrogen) atoms. The second-order valence-corrected chi connectivity index (χ2v) is 6.15. The summed E-state index contributed by atoms with van der Waals surface area (Å²) in [5.41, 5.74) is 1.40. The summed E-state index contributed by atoms with van der Waals surface area (Å²) in [6.45, 7) is 3.45. The molecule has 1 N–H and O–H groups in total. The summed E-state index contributed by atoms with van der Waals surface area (Å²) in [5.74, 6) is 0.985. The lowest BCUT2D eigenvalue weighted by Gasteiger charge is -2.30. The third-order valence-corrected chi connectivity index (χ3v) is 4.72. The van der Waals surface area contributed by atoms with Crippen LogP contribution in [0.1, 0.15) is 63.6 Å². The zero-order chi connectivity index (χ0) is 12.4. The van der Waals surface area contributed by atoms with Crippen LogP contribution in [0.15, 0.2) is 12.5 Å². The van der Waals surface area contributed by atoms with Gasteiger partial charge in [0.15, 0.2) is 0 Å². The van der Waals surface area contributed by atoms with E-state index in [1.54, 1.807) is 0 Å². The Morgan fingerprint density at radius 1 is 1.28 bits per heavy atom. The number of hydrogen-bond donors (Lipinski definition) is 1. The van der Waals surface area contributed by atoms with Crippen LogP contribution in [0.4, 0.5) is 0 Å². The molecule has 3 nitrogen and oxygen atoms in total. The van der Waals surface area contributed by atoms with Crippen molar-refractivity contribution in [2.45, 2.75) is 70.5 Å². The van der Waals surface area contributed by atoms with Gasteiger partial charge in [-0.3, -0.25) is 0 Å². The first-order valence-electron chi connectivity index (χ1n) is 7.59. The first-order chi connectivity index (χ1) is 8.83. The molecule has 1 aliphatic carbocycles. The SMILES string of the molecule is CC1CCCC(c2cncn2CCC2CCC2)N1. The Kier molecular flexibility index (Phi) is 3.69. The molecule has 2 aliphatic rings. The standard InChI is InChI=1S/C15H25N3/c1-12-4-2-7-14(17-12)15-10-16-11-18(15)9-8-13-5-3-6-13/h10-14,17H,2-9H2,1H3. The van der Waals surface area contributed by atoms with E-state index in [4.69, 9.17) is 0 Å². The van der Waals surface area contributed by atoms with E-state index in [9.17, 15) is 0 Å². The number of rotatable bonds is 4. The maximum Gasteiger partial charge on any atom is 0.0948 e. The normalized spacial score (nSPS) is 29.2. The van der Waals surface area contributed by atoms with Crippen molar-refractivity contribution in [3.05, 3.63) is 18.2 Å². The molecule has 1 saturated heterocycles. The van der Waals surface area contributed by atoms with Gasteiger partial charge in [-0.2, -0.15) is 0 Å². The number of hydrogen-bond acceptors (Lipinski definition) is 2. The molecule has 2 atom stereocenters. The molecule has 3 heteroatoms. The van der Waals surface area contributed by atoms with Crippen molar-refractivity contribution >= 4 is 0 Å². The first kappa shape index (κ1) is 12.2. The lowest BCUT2D eigenvalue weighted by Crippen LogP contribution is -2.35. The molecule has 2 fully saturated rings. The monoisotopic (exact) mass is 247 g/mol. The quantitative estimate of drug-likeness (QED) is 0.885. The van der Waals surface area contributed by atoms with Gasteiger partial charge in [0, 0.05) is 24.8 Å². The lowest BCUT2D eigenvalue weighted by molar-refractivity contribution is 0.276. The molecule has 3 rings (SSSR count). The highest BCUT2D eigenvalue weighted by Gasteiger charge is 2.23. The fourth-order valence-corrected chi connectivity index (χ4v) is 3.28. The minimum absolute atomic E-state index is 0.526. The summed E-state index contributed by atoms with van der Waals surface area (Å²) < 4.78 is 2.38. The molecule has 100 valence electrons. The molecule has 1 aromatic rings. The number of aryl methyl sites for hydroxylation is 1. The Morgan fingerprint density at radius 2 is 2.11 bits per heavy atom. The molecule has 1 saturated carbocycles. The van der Waals surface area contributed by atoms with Crippen LogP contribution in [0.2, 0.25) is 0 Å². The van der Waals surface area contributed by atoms with Crippen LogP contribution in [-0.4, -0.2) is 15.6 Å². The highest BCUT2D eigenvalue weighted by molar-refractivity contribution is 5.07. The van der Waals surface area contributed by atoms with Gasteiger partial charge in [0.1, 0.15) is 0 Å². The minimum atomic E-state index is 0.526. The van der Waals surface area contributed by atoms with Gasteiger partial charge in [-0.1, -0.05) is 19.3 Å². The van der Waals surface area contributed by atoms with Gasteiger partial charge in [0.25, 0.3) is 0 Å². The second kappa shape index (κ2) is 5.43. The van der Waals surface area contributed by atoms with Gasteiger partial charge in [-0.05, 0) is 38.5 Å². The fraction of sp³-hybridized carbons (Fsp3) is 0.800. The van der Waals surface area contributed by atoms with E-state index in [0.717, 1.165) is 12.5 Å². The van der Waals surface area contributed by atoms with Crippen molar-refractivity contribution in [3.63, 3.8) is 0 Å².